The van der Waals surface area contributed by atoms with Gasteiger partial charge in [-0.1, -0.05) is 12.1 Å². The maximum Gasteiger partial charge on any atom is 0.422 e. The largest absolute Gasteiger partial charge is 0.489 e. The third-order valence-electron chi connectivity index (χ3n) is 4.75. The van der Waals surface area contributed by atoms with Crippen LogP contribution in [0, 0.1) is 5.82 Å². The lowest BCUT2D eigenvalue weighted by molar-refractivity contribution is -0.153. The molecule has 0 saturated carbocycles. The van der Waals surface area contributed by atoms with Crippen molar-refractivity contribution in [2.45, 2.75) is 38.6 Å². The van der Waals surface area contributed by atoms with E-state index in [4.69, 9.17) is 4.74 Å². The Kier molecular flexibility index (Phi) is 6.87. The maximum atomic E-state index is 14.4. The average molecular weight is 441 g/mol. The van der Waals surface area contributed by atoms with E-state index in [2.05, 4.69) is 15.0 Å². The molecule has 1 aliphatic rings. The minimum atomic E-state index is -4.51. The fourth-order valence-corrected chi connectivity index (χ4v) is 3.32. The molecule has 0 aliphatic carbocycles. The Morgan fingerprint density at radius 1 is 1.29 bits per heavy atom. The highest BCUT2D eigenvalue weighted by atomic mass is 19.4. The van der Waals surface area contributed by atoms with Gasteiger partial charge in [-0.25, -0.2) is 9.37 Å². The van der Waals surface area contributed by atoms with Crippen molar-refractivity contribution in [1.82, 2.24) is 10.3 Å². The van der Waals surface area contributed by atoms with E-state index in [1.807, 2.05) is 31.2 Å². The molecular weight excluding hydrogens is 418 g/mol. The first-order valence-corrected chi connectivity index (χ1v) is 9.74. The molecule has 0 radical (unpaired) electrons. The predicted molar refractivity (Wildman–Crippen MR) is 106 cm³/mol. The molecule has 0 spiro atoms. The highest BCUT2D eigenvalue weighted by molar-refractivity contribution is 5.73. The summed E-state index contributed by atoms with van der Waals surface area (Å²) in [7, 11) is 0. The second kappa shape index (κ2) is 9.40. The van der Waals surface area contributed by atoms with Crippen LogP contribution in [0.1, 0.15) is 31.9 Å². The molecule has 1 aromatic heterocycles. The third-order valence-corrected chi connectivity index (χ3v) is 4.75. The molecule has 1 amide bonds. The molecule has 2 atom stereocenters. The van der Waals surface area contributed by atoms with E-state index in [9.17, 15) is 22.4 Å². The number of carbonyl (C=O) groups excluding carboxylic acids is 1. The Morgan fingerprint density at radius 3 is 2.61 bits per heavy atom. The SMILES string of the molecule is CC(=O)N[C@@H](C)c1ccc(OC2CCN(c3ncc(OCC(F)(F)F)cc3F)C2)cc1. The van der Waals surface area contributed by atoms with Gasteiger partial charge in [-0.05, 0) is 24.6 Å². The second-order valence-electron chi connectivity index (χ2n) is 7.35. The summed E-state index contributed by atoms with van der Waals surface area (Å²) in [4.78, 5) is 16.8. The van der Waals surface area contributed by atoms with E-state index in [1.165, 1.54) is 6.92 Å². The first-order valence-electron chi connectivity index (χ1n) is 9.74. The zero-order chi connectivity index (χ0) is 22.6. The van der Waals surface area contributed by atoms with Gasteiger partial charge in [0.1, 0.15) is 17.6 Å². The average Bonchev–Trinajstić information content (AvgIpc) is 3.14. The molecule has 0 bridgehead atoms. The summed E-state index contributed by atoms with van der Waals surface area (Å²) >= 11 is 0. The monoisotopic (exact) mass is 441 g/mol. The molecule has 1 unspecified atom stereocenters. The molecule has 1 saturated heterocycles. The number of benzene rings is 1. The van der Waals surface area contributed by atoms with Crippen molar-refractivity contribution in [2.75, 3.05) is 24.6 Å². The van der Waals surface area contributed by atoms with Crippen molar-refractivity contribution in [1.29, 1.82) is 0 Å². The minimum absolute atomic E-state index is 0.0462. The lowest BCUT2D eigenvalue weighted by Crippen LogP contribution is -2.26. The first-order chi connectivity index (χ1) is 14.6. The highest BCUT2D eigenvalue weighted by Gasteiger charge is 2.30. The molecule has 1 fully saturated rings. The van der Waals surface area contributed by atoms with Gasteiger partial charge >= 0.3 is 6.18 Å². The fraction of sp³-hybridized carbons (Fsp3) is 0.429. The molecule has 10 heteroatoms. The molecule has 6 nitrogen and oxygen atoms in total. The van der Waals surface area contributed by atoms with E-state index in [0.29, 0.717) is 25.3 Å². The van der Waals surface area contributed by atoms with Crippen LogP contribution in [0.3, 0.4) is 0 Å². The number of anilines is 1. The number of pyridine rings is 1. The summed E-state index contributed by atoms with van der Waals surface area (Å²) in [5.74, 6) is -0.449. The van der Waals surface area contributed by atoms with Gasteiger partial charge in [-0.15, -0.1) is 0 Å². The Labute approximate surface area is 177 Å². The number of ether oxygens (including phenoxy) is 2. The molecule has 3 rings (SSSR count). The molecule has 168 valence electrons. The summed E-state index contributed by atoms with van der Waals surface area (Å²) in [6.07, 6.45) is -2.99. The third kappa shape index (κ3) is 6.47. The van der Waals surface area contributed by atoms with E-state index < -0.39 is 18.6 Å². The minimum Gasteiger partial charge on any atom is -0.489 e. The highest BCUT2D eigenvalue weighted by Crippen LogP contribution is 2.27. The van der Waals surface area contributed by atoms with E-state index in [0.717, 1.165) is 17.8 Å². The summed E-state index contributed by atoms with van der Waals surface area (Å²) in [5.41, 5.74) is 0.940. The van der Waals surface area contributed by atoms with E-state index in [1.54, 1.807) is 4.90 Å². The van der Waals surface area contributed by atoms with Gasteiger partial charge in [0.15, 0.2) is 18.2 Å². The number of aromatic nitrogens is 1. The van der Waals surface area contributed by atoms with Gasteiger partial charge in [0.25, 0.3) is 0 Å². The lowest BCUT2D eigenvalue weighted by atomic mass is 10.1. The number of alkyl halides is 3. The zero-order valence-electron chi connectivity index (χ0n) is 17.1. The number of hydrogen-bond donors (Lipinski definition) is 1. The van der Waals surface area contributed by atoms with Crippen molar-refractivity contribution >= 4 is 11.7 Å². The Bertz CT molecular complexity index is 906. The van der Waals surface area contributed by atoms with Gasteiger partial charge in [-0.3, -0.25) is 4.79 Å². The first kappa shape index (κ1) is 22.6. The molecule has 1 N–H and O–H groups in total. The summed E-state index contributed by atoms with van der Waals surface area (Å²) < 4.78 is 61.5. The Hall–Kier alpha value is -3.04. The van der Waals surface area contributed by atoms with E-state index in [-0.39, 0.29) is 29.6 Å². The van der Waals surface area contributed by atoms with Crippen LogP contribution in [0.25, 0.3) is 0 Å². The summed E-state index contributed by atoms with van der Waals surface area (Å²) in [6, 6.07) is 8.12. The van der Waals surface area contributed by atoms with Crippen LogP contribution in [0.2, 0.25) is 0 Å². The second-order valence-corrected chi connectivity index (χ2v) is 7.35. The zero-order valence-corrected chi connectivity index (χ0v) is 17.1. The van der Waals surface area contributed by atoms with Crippen LogP contribution in [0.4, 0.5) is 23.4 Å². The van der Waals surface area contributed by atoms with E-state index >= 15 is 0 Å². The smallest absolute Gasteiger partial charge is 0.422 e. The molecule has 1 aliphatic heterocycles. The van der Waals surface area contributed by atoms with Crippen LogP contribution in [-0.4, -0.2) is 42.9 Å². The topological polar surface area (TPSA) is 63.7 Å². The summed E-state index contributed by atoms with van der Waals surface area (Å²) in [6.45, 7) is 2.72. The van der Waals surface area contributed by atoms with Crippen molar-refractivity contribution in [3.8, 4) is 11.5 Å². The van der Waals surface area contributed by atoms with Crippen molar-refractivity contribution in [3.63, 3.8) is 0 Å². The molecule has 2 heterocycles. The summed E-state index contributed by atoms with van der Waals surface area (Å²) in [5, 5.41) is 2.81. The molecule has 2 aromatic rings. The van der Waals surface area contributed by atoms with Crippen molar-refractivity contribution in [3.05, 3.63) is 47.9 Å². The number of nitrogens with one attached hydrogen (secondary N) is 1. The van der Waals surface area contributed by atoms with Crippen LogP contribution in [0.5, 0.6) is 11.5 Å². The normalized spacial score (nSPS) is 17.4. The standard InChI is InChI=1S/C21H23F4N3O3/c1-13(27-14(2)29)15-3-5-16(6-4-15)31-17-7-8-28(11-17)20-19(22)9-18(10-26-20)30-12-21(23,24)25/h3-6,9-10,13,17H,7-8,11-12H2,1-2H3,(H,27,29)/t13-,17?/m0/s1. The molecular formula is C21H23F4N3O3. The quantitative estimate of drug-likeness (QED) is 0.658. The molecule has 31 heavy (non-hydrogen) atoms. The number of halogens is 4. The number of amides is 1. The lowest BCUT2D eigenvalue weighted by Gasteiger charge is -2.19. The van der Waals surface area contributed by atoms with Crippen LogP contribution >= 0.6 is 0 Å². The van der Waals surface area contributed by atoms with Crippen LogP contribution in [-0.2, 0) is 4.79 Å². The van der Waals surface area contributed by atoms with Gasteiger partial charge < -0.3 is 19.7 Å². The number of rotatable bonds is 7. The fourth-order valence-electron chi connectivity index (χ4n) is 3.32. The van der Waals surface area contributed by atoms with Crippen molar-refractivity contribution in [2.24, 2.45) is 0 Å². The van der Waals surface area contributed by atoms with Crippen LogP contribution in [0.15, 0.2) is 36.5 Å². The maximum absolute atomic E-state index is 14.4. The van der Waals surface area contributed by atoms with Gasteiger partial charge in [0.05, 0.1) is 18.8 Å². The van der Waals surface area contributed by atoms with Crippen molar-refractivity contribution < 1.29 is 31.8 Å². The Morgan fingerprint density at radius 2 is 2.00 bits per heavy atom. The predicted octanol–water partition coefficient (Wildman–Crippen LogP) is 4.02. The number of nitrogens with zero attached hydrogens (tertiary/aromatic N) is 2. The van der Waals surface area contributed by atoms with Gasteiger partial charge in [0.2, 0.25) is 5.91 Å². The number of carbonyl (C=O) groups is 1. The van der Waals surface area contributed by atoms with Gasteiger partial charge in [0, 0.05) is 26.0 Å². The Balaban J connectivity index is 1.56. The number of hydrogen-bond acceptors (Lipinski definition) is 5. The van der Waals surface area contributed by atoms with Gasteiger partial charge in [-0.2, -0.15) is 13.2 Å². The molecule has 1 aromatic carbocycles. The van der Waals surface area contributed by atoms with Crippen LogP contribution < -0.4 is 19.7 Å².